The van der Waals surface area contributed by atoms with E-state index in [0.29, 0.717) is 5.92 Å². The molecule has 2 aliphatic rings. The fourth-order valence-corrected chi connectivity index (χ4v) is 4.75. The van der Waals surface area contributed by atoms with E-state index in [0.717, 1.165) is 19.3 Å². The summed E-state index contributed by atoms with van der Waals surface area (Å²) >= 11 is 0. The van der Waals surface area contributed by atoms with E-state index >= 15 is 0 Å². The minimum atomic E-state index is 0.393. The number of rotatable bonds is 5. The van der Waals surface area contributed by atoms with E-state index in [-0.39, 0.29) is 0 Å². The first-order valence-corrected chi connectivity index (χ1v) is 10.8. The summed E-state index contributed by atoms with van der Waals surface area (Å²) in [6, 6.07) is 30.2. The van der Waals surface area contributed by atoms with Gasteiger partial charge in [0.1, 0.15) is 0 Å². The van der Waals surface area contributed by atoms with Gasteiger partial charge in [0.2, 0.25) is 0 Å². The molecule has 0 saturated heterocycles. The maximum atomic E-state index is 4.58. The highest BCUT2D eigenvalue weighted by atomic mass is 14.4. The van der Waals surface area contributed by atoms with Crippen LogP contribution in [0.5, 0.6) is 0 Å². The minimum absolute atomic E-state index is 0.393. The number of allylic oxidation sites excluding steroid dienone is 6. The Morgan fingerprint density at radius 3 is 2.30 bits per heavy atom. The third kappa shape index (κ3) is 3.62. The molecule has 5 rings (SSSR count). The second-order valence-corrected chi connectivity index (χ2v) is 8.23. The normalized spacial score (nSPS) is 18.2. The molecule has 0 spiro atoms. The van der Waals surface area contributed by atoms with Gasteiger partial charge in [-0.2, -0.15) is 0 Å². The first-order valence-electron chi connectivity index (χ1n) is 10.8. The molecule has 0 nitrogen and oxygen atoms in total. The summed E-state index contributed by atoms with van der Waals surface area (Å²) in [7, 11) is 0. The zero-order valence-electron chi connectivity index (χ0n) is 17.2. The van der Waals surface area contributed by atoms with Gasteiger partial charge in [-0.25, -0.2) is 0 Å². The van der Waals surface area contributed by atoms with E-state index in [9.17, 15) is 0 Å². The van der Waals surface area contributed by atoms with Crippen molar-refractivity contribution in [2.75, 3.05) is 0 Å². The third-order valence-corrected chi connectivity index (χ3v) is 6.34. The molecule has 0 N–H and O–H groups in total. The highest BCUT2D eigenvalue weighted by molar-refractivity contribution is 5.81. The van der Waals surface area contributed by atoms with Crippen molar-refractivity contribution in [2.24, 2.45) is 5.92 Å². The van der Waals surface area contributed by atoms with Crippen LogP contribution in [0.3, 0.4) is 0 Å². The molecule has 3 aromatic rings. The molecule has 0 saturated carbocycles. The van der Waals surface area contributed by atoms with Crippen LogP contribution >= 0.6 is 0 Å². The topological polar surface area (TPSA) is 0 Å². The summed E-state index contributed by atoms with van der Waals surface area (Å²) in [6.07, 6.45) is 10.0. The number of hydrogen-bond donors (Lipinski definition) is 0. The Labute approximate surface area is 179 Å². The molecule has 30 heavy (non-hydrogen) atoms. The van der Waals surface area contributed by atoms with Gasteiger partial charge < -0.3 is 0 Å². The monoisotopic (exact) mass is 386 g/mol. The zero-order valence-corrected chi connectivity index (χ0v) is 17.2. The molecule has 0 heterocycles. The van der Waals surface area contributed by atoms with E-state index in [4.69, 9.17) is 0 Å². The van der Waals surface area contributed by atoms with Crippen molar-refractivity contribution in [2.45, 2.75) is 19.3 Å². The standard InChI is InChI=1S/C30H26/c1-22-28(18-10-13-23-11-4-2-5-12-23)30(24-14-6-3-7-15-24)21-29(22)27-19-25-16-8-9-17-26(25)20-27/h2-12,14-19,29H,1,13,20-21H2/b18-10-. The van der Waals surface area contributed by atoms with Crippen molar-refractivity contribution in [3.8, 4) is 0 Å². The lowest BCUT2D eigenvalue weighted by atomic mass is 9.89. The summed E-state index contributed by atoms with van der Waals surface area (Å²) < 4.78 is 0. The number of fused-ring (bicyclic) bond motifs is 1. The molecule has 0 amide bonds. The minimum Gasteiger partial charge on any atom is -0.0946 e. The average Bonchev–Trinajstić information content (AvgIpc) is 3.36. The molecule has 0 heteroatoms. The Morgan fingerprint density at radius 1 is 0.833 bits per heavy atom. The lowest BCUT2D eigenvalue weighted by Crippen LogP contribution is -2.03. The average molecular weight is 387 g/mol. The predicted octanol–water partition coefficient (Wildman–Crippen LogP) is 7.45. The van der Waals surface area contributed by atoms with Gasteiger partial charge in [0.25, 0.3) is 0 Å². The smallest absolute Gasteiger partial charge is 0.00958 e. The van der Waals surface area contributed by atoms with Crippen molar-refractivity contribution in [1.82, 2.24) is 0 Å². The second kappa shape index (κ2) is 8.16. The highest BCUT2D eigenvalue weighted by Crippen LogP contribution is 2.47. The van der Waals surface area contributed by atoms with Crippen LogP contribution in [0.25, 0.3) is 11.6 Å². The van der Waals surface area contributed by atoms with Crippen molar-refractivity contribution >= 4 is 11.6 Å². The molecule has 1 atom stereocenters. The number of benzene rings is 3. The summed E-state index contributed by atoms with van der Waals surface area (Å²) in [4.78, 5) is 0. The fourth-order valence-electron chi connectivity index (χ4n) is 4.75. The highest BCUT2D eigenvalue weighted by Gasteiger charge is 2.31. The van der Waals surface area contributed by atoms with Gasteiger partial charge in [0, 0.05) is 5.92 Å². The Kier molecular flexibility index (Phi) is 5.07. The van der Waals surface area contributed by atoms with Gasteiger partial charge in [-0.15, -0.1) is 0 Å². The summed E-state index contributed by atoms with van der Waals surface area (Å²) in [5.74, 6) is 0.393. The lowest BCUT2D eigenvalue weighted by Gasteiger charge is -2.14. The van der Waals surface area contributed by atoms with Gasteiger partial charge >= 0.3 is 0 Å². The van der Waals surface area contributed by atoms with Crippen LogP contribution in [0.15, 0.2) is 120 Å². The molecule has 0 fully saturated rings. The fraction of sp³-hybridized carbons (Fsp3) is 0.133. The molecule has 0 bridgehead atoms. The van der Waals surface area contributed by atoms with Crippen molar-refractivity contribution in [3.05, 3.63) is 143 Å². The van der Waals surface area contributed by atoms with Crippen LogP contribution in [0, 0.1) is 5.92 Å². The quantitative estimate of drug-likeness (QED) is 0.427. The largest absolute Gasteiger partial charge is 0.0946 e. The molecule has 3 aromatic carbocycles. The van der Waals surface area contributed by atoms with E-state index in [1.54, 1.807) is 0 Å². The molecule has 0 aliphatic heterocycles. The molecule has 0 radical (unpaired) electrons. The van der Waals surface area contributed by atoms with E-state index < -0.39 is 0 Å². The zero-order chi connectivity index (χ0) is 20.3. The van der Waals surface area contributed by atoms with Crippen LogP contribution < -0.4 is 0 Å². The Bertz CT molecular complexity index is 1160. The van der Waals surface area contributed by atoms with Crippen molar-refractivity contribution < 1.29 is 0 Å². The summed E-state index contributed by atoms with van der Waals surface area (Å²) in [6.45, 7) is 4.58. The van der Waals surface area contributed by atoms with Crippen LogP contribution in [0.4, 0.5) is 0 Å². The summed E-state index contributed by atoms with van der Waals surface area (Å²) in [5, 5.41) is 0. The van der Waals surface area contributed by atoms with Crippen LogP contribution in [-0.4, -0.2) is 0 Å². The molecule has 1 unspecified atom stereocenters. The maximum Gasteiger partial charge on any atom is 0.00958 e. The molecular weight excluding hydrogens is 360 g/mol. The van der Waals surface area contributed by atoms with E-state index in [1.165, 1.54) is 44.5 Å². The van der Waals surface area contributed by atoms with Gasteiger partial charge in [-0.3, -0.25) is 0 Å². The third-order valence-electron chi connectivity index (χ3n) is 6.34. The molecule has 2 aliphatic carbocycles. The number of hydrogen-bond acceptors (Lipinski definition) is 0. The van der Waals surface area contributed by atoms with Crippen molar-refractivity contribution in [1.29, 1.82) is 0 Å². The van der Waals surface area contributed by atoms with E-state index in [1.807, 2.05) is 0 Å². The molecular formula is C30H26. The van der Waals surface area contributed by atoms with Gasteiger partial charge in [0.05, 0.1) is 0 Å². The van der Waals surface area contributed by atoms with E-state index in [2.05, 4.69) is 110 Å². The van der Waals surface area contributed by atoms with Gasteiger partial charge in [-0.05, 0) is 58.2 Å². The summed E-state index contributed by atoms with van der Waals surface area (Å²) in [5.41, 5.74) is 11.0. The van der Waals surface area contributed by atoms with Gasteiger partial charge in [-0.1, -0.05) is 115 Å². The Morgan fingerprint density at radius 2 is 1.53 bits per heavy atom. The van der Waals surface area contributed by atoms with Crippen LogP contribution in [-0.2, 0) is 12.8 Å². The van der Waals surface area contributed by atoms with Crippen LogP contribution in [0.2, 0.25) is 0 Å². The first-order chi connectivity index (χ1) is 14.8. The SMILES string of the molecule is C=C1C(/C=C\Cc2ccccc2)=C(c2ccccc2)CC1C1=Cc2ccccc2C1. The molecule has 0 aromatic heterocycles. The Hall–Kier alpha value is -3.38. The maximum absolute atomic E-state index is 4.58. The lowest BCUT2D eigenvalue weighted by molar-refractivity contribution is 0.766. The molecule has 146 valence electrons. The van der Waals surface area contributed by atoms with Crippen LogP contribution in [0.1, 0.15) is 28.7 Å². The second-order valence-electron chi connectivity index (χ2n) is 8.23. The predicted molar refractivity (Wildman–Crippen MR) is 128 cm³/mol. The Balaban J connectivity index is 1.45. The van der Waals surface area contributed by atoms with Gasteiger partial charge in [0.15, 0.2) is 0 Å². The first kappa shape index (κ1) is 18.6. The van der Waals surface area contributed by atoms with Crippen molar-refractivity contribution in [3.63, 3.8) is 0 Å².